The summed E-state index contributed by atoms with van der Waals surface area (Å²) in [5.74, 6) is 0. The standard InChI is InChI=1S/C24H25NO/c26-24(21-15-8-3-9-16-21)22-17-10-18-25(22)23(19-11-4-1-5-12-19)20-13-6-2-7-14-20/h1-9,11-16,22-24,26H,10,17-18H2. The molecule has 0 saturated carbocycles. The minimum atomic E-state index is -0.464. The van der Waals surface area contributed by atoms with Gasteiger partial charge >= 0.3 is 0 Å². The van der Waals surface area contributed by atoms with Crippen LogP contribution in [0.3, 0.4) is 0 Å². The first-order valence-corrected chi connectivity index (χ1v) is 9.43. The molecule has 2 atom stereocenters. The highest BCUT2D eigenvalue weighted by molar-refractivity contribution is 5.33. The molecule has 1 heterocycles. The average Bonchev–Trinajstić information content (AvgIpc) is 3.19. The molecule has 2 nitrogen and oxygen atoms in total. The van der Waals surface area contributed by atoms with Gasteiger partial charge in [-0.25, -0.2) is 0 Å². The number of benzene rings is 3. The number of likely N-dealkylation sites (tertiary alicyclic amines) is 1. The van der Waals surface area contributed by atoms with Gasteiger partial charge in [0.25, 0.3) is 0 Å². The third-order valence-electron chi connectivity index (χ3n) is 5.41. The Morgan fingerprint density at radius 3 is 1.65 bits per heavy atom. The Balaban J connectivity index is 1.71. The Morgan fingerprint density at radius 1 is 0.692 bits per heavy atom. The van der Waals surface area contributed by atoms with E-state index in [1.54, 1.807) is 0 Å². The molecule has 1 aliphatic heterocycles. The van der Waals surface area contributed by atoms with E-state index in [0.29, 0.717) is 0 Å². The summed E-state index contributed by atoms with van der Waals surface area (Å²) >= 11 is 0. The molecule has 3 aromatic carbocycles. The monoisotopic (exact) mass is 343 g/mol. The van der Waals surface area contributed by atoms with Crippen molar-refractivity contribution in [1.29, 1.82) is 0 Å². The lowest BCUT2D eigenvalue weighted by Crippen LogP contribution is -2.38. The summed E-state index contributed by atoms with van der Waals surface area (Å²) in [5.41, 5.74) is 3.57. The van der Waals surface area contributed by atoms with Gasteiger partial charge in [0.05, 0.1) is 12.1 Å². The molecular weight excluding hydrogens is 318 g/mol. The van der Waals surface area contributed by atoms with Crippen molar-refractivity contribution >= 4 is 0 Å². The number of hydrogen-bond donors (Lipinski definition) is 1. The summed E-state index contributed by atoms with van der Waals surface area (Å²) in [6.45, 7) is 1.00. The molecule has 0 aromatic heterocycles. The fourth-order valence-electron chi connectivity index (χ4n) is 4.19. The van der Waals surface area contributed by atoms with Gasteiger partial charge in [0, 0.05) is 6.04 Å². The van der Waals surface area contributed by atoms with Gasteiger partial charge in [-0.15, -0.1) is 0 Å². The lowest BCUT2D eigenvalue weighted by atomic mass is 9.94. The molecule has 0 bridgehead atoms. The van der Waals surface area contributed by atoms with Crippen molar-refractivity contribution in [3.8, 4) is 0 Å². The highest BCUT2D eigenvalue weighted by Crippen LogP contribution is 2.39. The predicted octanol–water partition coefficient (Wildman–Crippen LogP) is 4.97. The number of aliphatic hydroxyl groups is 1. The Kier molecular flexibility index (Phi) is 5.14. The van der Waals surface area contributed by atoms with Crippen molar-refractivity contribution in [2.24, 2.45) is 0 Å². The van der Waals surface area contributed by atoms with Crippen LogP contribution in [0, 0.1) is 0 Å². The minimum absolute atomic E-state index is 0.128. The third-order valence-corrected chi connectivity index (χ3v) is 5.41. The maximum atomic E-state index is 11.1. The zero-order chi connectivity index (χ0) is 17.8. The summed E-state index contributed by atoms with van der Waals surface area (Å²) in [5, 5.41) is 11.1. The van der Waals surface area contributed by atoms with Crippen LogP contribution in [0.2, 0.25) is 0 Å². The first kappa shape index (κ1) is 17.0. The molecule has 1 N–H and O–H groups in total. The number of aliphatic hydroxyl groups excluding tert-OH is 1. The van der Waals surface area contributed by atoms with E-state index < -0.39 is 6.10 Å². The highest BCUT2D eigenvalue weighted by atomic mass is 16.3. The first-order valence-electron chi connectivity index (χ1n) is 9.43. The Hall–Kier alpha value is -2.42. The largest absolute Gasteiger partial charge is 0.387 e. The number of nitrogens with zero attached hydrogens (tertiary/aromatic N) is 1. The van der Waals surface area contributed by atoms with Gasteiger partial charge in [0.15, 0.2) is 0 Å². The molecule has 0 amide bonds. The van der Waals surface area contributed by atoms with Crippen LogP contribution in [-0.2, 0) is 0 Å². The molecule has 4 rings (SSSR count). The molecule has 1 saturated heterocycles. The van der Waals surface area contributed by atoms with E-state index in [2.05, 4.69) is 65.6 Å². The summed E-state index contributed by atoms with van der Waals surface area (Å²) in [6, 6.07) is 31.7. The van der Waals surface area contributed by atoms with E-state index in [1.165, 1.54) is 11.1 Å². The van der Waals surface area contributed by atoms with Crippen LogP contribution < -0.4 is 0 Å². The fourth-order valence-corrected chi connectivity index (χ4v) is 4.19. The second-order valence-corrected chi connectivity index (χ2v) is 7.03. The molecule has 2 unspecified atom stereocenters. The van der Waals surface area contributed by atoms with Crippen molar-refractivity contribution in [1.82, 2.24) is 4.90 Å². The molecule has 1 fully saturated rings. The Morgan fingerprint density at radius 2 is 1.15 bits per heavy atom. The average molecular weight is 343 g/mol. The predicted molar refractivity (Wildman–Crippen MR) is 106 cm³/mol. The molecular formula is C24H25NO. The van der Waals surface area contributed by atoms with Gasteiger partial charge < -0.3 is 5.11 Å². The van der Waals surface area contributed by atoms with Crippen LogP contribution in [-0.4, -0.2) is 22.6 Å². The van der Waals surface area contributed by atoms with Crippen LogP contribution in [0.5, 0.6) is 0 Å². The molecule has 2 heteroatoms. The fraction of sp³-hybridized carbons (Fsp3) is 0.250. The van der Waals surface area contributed by atoms with Gasteiger partial charge in [-0.2, -0.15) is 0 Å². The van der Waals surface area contributed by atoms with Gasteiger partial charge in [-0.05, 0) is 36.1 Å². The van der Waals surface area contributed by atoms with Gasteiger partial charge in [0.1, 0.15) is 0 Å². The molecule has 0 aliphatic carbocycles. The number of hydrogen-bond acceptors (Lipinski definition) is 2. The van der Waals surface area contributed by atoms with E-state index >= 15 is 0 Å². The second kappa shape index (κ2) is 7.86. The third kappa shape index (κ3) is 3.44. The van der Waals surface area contributed by atoms with E-state index in [-0.39, 0.29) is 12.1 Å². The second-order valence-electron chi connectivity index (χ2n) is 7.03. The normalized spacial score (nSPS) is 18.9. The van der Waals surface area contributed by atoms with Crippen LogP contribution in [0.15, 0.2) is 91.0 Å². The lowest BCUT2D eigenvalue weighted by Gasteiger charge is -2.36. The summed E-state index contributed by atoms with van der Waals surface area (Å²) in [7, 11) is 0. The van der Waals surface area contributed by atoms with Crippen LogP contribution in [0.4, 0.5) is 0 Å². The summed E-state index contributed by atoms with van der Waals surface area (Å²) in [6.07, 6.45) is 1.67. The molecule has 0 spiro atoms. The van der Waals surface area contributed by atoms with Crippen molar-refractivity contribution in [2.75, 3.05) is 6.54 Å². The van der Waals surface area contributed by atoms with E-state index in [0.717, 1.165) is 24.9 Å². The molecule has 132 valence electrons. The lowest BCUT2D eigenvalue weighted by molar-refractivity contribution is 0.0575. The quantitative estimate of drug-likeness (QED) is 0.707. The molecule has 26 heavy (non-hydrogen) atoms. The highest BCUT2D eigenvalue weighted by Gasteiger charge is 2.37. The van der Waals surface area contributed by atoms with Gasteiger partial charge in [-0.3, -0.25) is 4.90 Å². The van der Waals surface area contributed by atoms with Crippen molar-refractivity contribution in [3.63, 3.8) is 0 Å². The van der Waals surface area contributed by atoms with E-state index in [4.69, 9.17) is 0 Å². The smallest absolute Gasteiger partial charge is 0.0945 e. The van der Waals surface area contributed by atoms with E-state index in [1.807, 2.05) is 30.3 Å². The molecule has 3 aromatic rings. The van der Waals surface area contributed by atoms with Crippen LogP contribution >= 0.6 is 0 Å². The molecule has 0 radical (unpaired) electrons. The first-order chi connectivity index (χ1) is 12.8. The van der Waals surface area contributed by atoms with Gasteiger partial charge in [-0.1, -0.05) is 91.0 Å². The topological polar surface area (TPSA) is 23.5 Å². The van der Waals surface area contributed by atoms with E-state index in [9.17, 15) is 5.11 Å². The Bertz CT molecular complexity index is 764. The SMILES string of the molecule is OC(c1ccccc1)C1CCCN1C(c1ccccc1)c1ccccc1. The Labute approximate surface area is 155 Å². The van der Waals surface area contributed by atoms with Crippen molar-refractivity contribution in [3.05, 3.63) is 108 Å². The van der Waals surface area contributed by atoms with Crippen LogP contribution in [0.1, 0.15) is 41.7 Å². The maximum absolute atomic E-state index is 11.1. The number of rotatable bonds is 5. The van der Waals surface area contributed by atoms with Crippen molar-refractivity contribution < 1.29 is 5.11 Å². The minimum Gasteiger partial charge on any atom is -0.387 e. The molecule has 1 aliphatic rings. The van der Waals surface area contributed by atoms with Crippen molar-refractivity contribution in [2.45, 2.75) is 31.0 Å². The van der Waals surface area contributed by atoms with Gasteiger partial charge in [0.2, 0.25) is 0 Å². The van der Waals surface area contributed by atoms with Crippen LogP contribution in [0.25, 0.3) is 0 Å². The zero-order valence-corrected chi connectivity index (χ0v) is 14.9. The summed E-state index contributed by atoms with van der Waals surface area (Å²) in [4.78, 5) is 2.49. The maximum Gasteiger partial charge on any atom is 0.0945 e. The summed E-state index contributed by atoms with van der Waals surface area (Å²) < 4.78 is 0. The zero-order valence-electron chi connectivity index (χ0n) is 14.9.